The van der Waals surface area contributed by atoms with Crippen LogP contribution in [0.15, 0.2) is 0 Å². The molecule has 0 aliphatic carbocycles. The number of rotatable bonds is 0. The Morgan fingerprint density at radius 1 is 0.583 bits per heavy atom. The minimum absolute atomic E-state index is 0. The second-order valence-corrected chi connectivity index (χ2v) is 0.500. The average molecular weight is 260 g/mol. The van der Waals surface area contributed by atoms with Gasteiger partial charge in [-0.2, -0.15) is 0 Å². The van der Waals surface area contributed by atoms with Crippen LogP contribution in [-0.4, -0.2) is 12.3 Å². The van der Waals surface area contributed by atoms with Crippen LogP contribution < -0.4 is 20.4 Å². The van der Waals surface area contributed by atoms with E-state index in [4.69, 9.17) is 30.0 Å². The molecule has 80 valence electrons. The predicted molar refractivity (Wildman–Crippen MR) is 60.8 cm³/mol. The molecule has 0 N–H and O–H groups in total. The molecule has 0 saturated carbocycles. The fourth-order valence-corrected chi connectivity index (χ4v) is 0. The quantitative estimate of drug-likeness (QED) is 0.399. The van der Waals surface area contributed by atoms with Gasteiger partial charge in [0.1, 0.15) is 0 Å². The number of hydrogen-bond donors (Lipinski definition) is 0. The first kappa shape index (κ1) is 39.7. The molecule has 0 saturated heterocycles. The highest BCUT2D eigenvalue weighted by atomic mass is 31.0. The van der Waals surface area contributed by atoms with Gasteiger partial charge in [0.15, 0.2) is 0 Å². The molecule has 6 nitrogen and oxygen atoms in total. The van der Waals surface area contributed by atoms with Crippen molar-refractivity contribution in [1.29, 1.82) is 0 Å². The zero-order valence-electron chi connectivity index (χ0n) is 7.45. The zero-order valence-corrected chi connectivity index (χ0v) is 15.4. The lowest BCUT2D eigenvalue weighted by Crippen LogP contribution is -2.37. The molecule has 4 unspecified atom stereocenters. The summed E-state index contributed by atoms with van der Waals surface area (Å²) in [5.74, 6) is 0. The summed E-state index contributed by atoms with van der Waals surface area (Å²) in [4.78, 5) is 16.7. The summed E-state index contributed by atoms with van der Waals surface area (Å²) >= 11 is 0. The Bertz CT molecular complexity index is 75.5. The summed E-state index contributed by atoms with van der Waals surface area (Å²) in [6, 6.07) is 0. The van der Waals surface area contributed by atoms with Crippen molar-refractivity contribution in [2.75, 3.05) is 0 Å². The third-order valence-corrected chi connectivity index (χ3v) is 0. The summed E-state index contributed by atoms with van der Waals surface area (Å²) in [7, 11) is 0. The third-order valence-electron chi connectivity index (χ3n) is 0. The van der Waals surface area contributed by atoms with E-state index in [1.807, 2.05) is 0 Å². The lowest BCUT2D eigenvalue weighted by atomic mass is 11.5. The molecule has 4 atom stereocenters. The number of carbonyl (C=O) groups is 2. The molecule has 0 aromatic heterocycles. The molecule has 10 heteroatoms. The van der Waals surface area contributed by atoms with Crippen LogP contribution in [0.2, 0.25) is 0 Å². The van der Waals surface area contributed by atoms with Crippen LogP contribution >= 0.6 is 39.6 Å². The van der Waals surface area contributed by atoms with Crippen molar-refractivity contribution >= 4 is 51.9 Å². The molecule has 0 aliphatic heterocycles. The third kappa shape index (κ3) is 13000. The van der Waals surface area contributed by atoms with E-state index in [-0.39, 0.29) is 39.6 Å². The van der Waals surface area contributed by atoms with Gasteiger partial charge in [-0.15, -0.1) is 0 Å². The lowest BCUT2D eigenvalue weighted by Gasteiger charge is -1.96. The first-order valence-corrected chi connectivity index (χ1v) is 1.22. The minimum atomic E-state index is -2.33. The normalized spacial score (nSPS) is 4.00. The maximum atomic E-state index is 8.33. The van der Waals surface area contributed by atoms with Gasteiger partial charge in [0, 0.05) is 0 Å². The Hall–Kier alpha value is 0.260. The van der Waals surface area contributed by atoms with Crippen LogP contribution in [0, 0.1) is 0 Å². The molecule has 0 spiro atoms. The van der Waals surface area contributed by atoms with Gasteiger partial charge in [0.2, 0.25) is 0 Å². The SMILES string of the molecule is O=C([O-])[O-].O=C([O-])[O-].[PH4+].[PH4+].[PH4+].[PH4+]. The van der Waals surface area contributed by atoms with Crippen LogP contribution in [0.4, 0.5) is 9.59 Å². The number of carbonyl (C=O) groups excluding carboxylic acids is 2. The van der Waals surface area contributed by atoms with Crippen molar-refractivity contribution in [1.82, 2.24) is 0 Å². The maximum absolute atomic E-state index is 8.33. The lowest BCUT2D eigenvalue weighted by molar-refractivity contribution is -0.417. The highest BCUT2D eigenvalue weighted by Gasteiger charge is 1.27. The number of hydrogen-bond acceptors (Lipinski definition) is 6. The van der Waals surface area contributed by atoms with Crippen molar-refractivity contribution < 1.29 is 30.0 Å². The minimum Gasteiger partial charge on any atom is -0.652 e. The Labute approximate surface area is 82.6 Å². The second-order valence-electron chi connectivity index (χ2n) is 0.500. The molecule has 0 heterocycles. The summed E-state index contributed by atoms with van der Waals surface area (Å²) in [6.45, 7) is 0. The molecule has 0 fully saturated rings. The summed E-state index contributed by atoms with van der Waals surface area (Å²) in [5, 5.41) is 33.3. The molecule has 0 aromatic carbocycles. The molecule has 0 bridgehead atoms. The molecular weight excluding hydrogens is 244 g/mol. The van der Waals surface area contributed by atoms with Crippen LogP contribution in [0.5, 0.6) is 0 Å². The Morgan fingerprint density at radius 3 is 0.583 bits per heavy atom. The maximum Gasteiger partial charge on any atom is -0.0395 e. The second kappa shape index (κ2) is 30.2. The van der Waals surface area contributed by atoms with Crippen LogP contribution in [0.1, 0.15) is 0 Å². The van der Waals surface area contributed by atoms with Gasteiger partial charge in [0.25, 0.3) is 0 Å². The zero-order chi connectivity index (χ0) is 7.15. The van der Waals surface area contributed by atoms with E-state index in [0.29, 0.717) is 0 Å². The Morgan fingerprint density at radius 2 is 0.583 bits per heavy atom. The summed E-state index contributed by atoms with van der Waals surface area (Å²) in [6.07, 6.45) is -4.67. The predicted octanol–water partition coefficient (Wildman–Crippen LogP) is -5.73. The van der Waals surface area contributed by atoms with Gasteiger partial charge < -0.3 is 30.0 Å². The van der Waals surface area contributed by atoms with Crippen molar-refractivity contribution in [2.45, 2.75) is 0 Å². The van der Waals surface area contributed by atoms with Crippen LogP contribution in [0.3, 0.4) is 0 Å². The van der Waals surface area contributed by atoms with Gasteiger partial charge >= 0.3 is 0 Å². The summed E-state index contributed by atoms with van der Waals surface area (Å²) < 4.78 is 0. The van der Waals surface area contributed by atoms with Crippen molar-refractivity contribution in [2.24, 2.45) is 0 Å². The first-order chi connectivity index (χ1) is 3.46. The van der Waals surface area contributed by atoms with E-state index < -0.39 is 12.3 Å². The van der Waals surface area contributed by atoms with Gasteiger partial charge in [-0.3, -0.25) is 0 Å². The standard InChI is InChI=1S/2CH2O3.4H3P/c2*2-1(3)4;;;;/h2*(H2,2,3,4);4*1H3. The van der Waals surface area contributed by atoms with Crippen LogP contribution in [0.25, 0.3) is 0 Å². The van der Waals surface area contributed by atoms with E-state index in [9.17, 15) is 0 Å². The molecule has 0 amide bonds. The van der Waals surface area contributed by atoms with E-state index in [1.165, 1.54) is 0 Å². The largest absolute Gasteiger partial charge is 0.652 e. The average Bonchev–Trinajstić information content (AvgIpc) is 1.25. The topological polar surface area (TPSA) is 126 Å². The van der Waals surface area contributed by atoms with E-state index >= 15 is 0 Å². The van der Waals surface area contributed by atoms with Gasteiger partial charge in [-0.25, -0.2) is 0 Å². The Balaban J connectivity index is -0.0000000112. The van der Waals surface area contributed by atoms with E-state index in [0.717, 1.165) is 0 Å². The smallest absolute Gasteiger partial charge is 0.0395 e. The van der Waals surface area contributed by atoms with Crippen molar-refractivity contribution in [3.8, 4) is 0 Å². The fraction of sp³-hybridized carbons (Fsp3) is 0. The highest BCUT2D eigenvalue weighted by molar-refractivity contribution is 6.92. The van der Waals surface area contributed by atoms with E-state index in [2.05, 4.69) is 0 Å². The monoisotopic (exact) mass is 260 g/mol. The van der Waals surface area contributed by atoms with Crippen molar-refractivity contribution in [3.63, 3.8) is 0 Å². The Kier molecular flexibility index (Phi) is 100.0. The van der Waals surface area contributed by atoms with Crippen molar-refractivity contribution in [3.05, 3.63) is 0 Å². The molecule has 0 aliphatic rings. The highest BCUT2D eigenvalue weighted by Crippen LogP contribution is 1.21. The molecule has 12 heavy (non-hydrogen) atoms. The molecule has 0 radical (unpaired) electrons. The number of carboxylic acid groups (broad SMARTS) is 4. The molecular formula is C2H16O6P4. The fourth-order valence-electron chi connectivity index (χ4n) is 0. The van der Waals surface area contributed by atoms with Crippen LogP contribution in [-0.2, 0) is 0 Å². The molecule has 0 aromatic rings. The van der Waals surface area contributed by atoms with Gasteiger partial charge in [-0.1, -0.05) is 0 Å². The van der Waals surface area contributed by atoms with Gasteiger partial charge in [0.05, 0.1) is 0 Å². The molecule has 0 rings (SSSR count). The summed E-state index contributed by atoms with van der Waals surface area (Å²) in [5.41, 5.74) is 0. The first-order valence-electron chi connectivity index (χ1n) is 1.22. The van der Waals surface area contributed by atoms with Gasteiger partial charge in [-0.05, 0) is 51.9 Å². The van der Waals surface area contributed by atoms with E-state index in [1.54, 1.807) is 0 Å².